The first-order valence-corrected chi connectivity index (χ1v) is 7.02. The van der Waals surface area contributed by atoms with Crippen LogP contribution in [0.25, 0.3) is 0 Å². The van der Waals surface area contributed by atoms with Crippen molar-refractivity contribution in [3.63, 3.8) is 0 Å². The number of morpholine rings is 1. The number of fused-ring (bicyclic) bond motifs is 1. The van der Waals surface area contributed by atoms with Crippen molar-refractivity contribution in [1.29, 1.82) is 0 Å². The number of hydrogen-bond donors (Lipinski definition) is 2. The molecule has 0 saturated carbocycles. The van der Waals surface area contributed by atoms with Crippen LogP contribution in [0.5, 0.6) is 0 Å². The molecular weight excluding hydrogens is 276 g/mol. The van der Waals surface area contributed by atoms with Crippen LogP contribution in [0.3, 0.4) is 0 Å². The lowest BCUT2D eigenvalue weighted by Gasteiger charge is -2.28. The number of hydrogen-bond acceptors (Lipinski definition) is 3. The maximum absolute atomic E-state index is 12.1. The second-order valence-corrected chi connectivity index (χ2v) is 5.28. The van der Waals surface area contributed by atoms with Gasteiger partial charge in [0.1, 0.15) is 6.10 Å². The van der Waals surface area contributed by atoms with Crippen LogP contribution in [0.1, 0.15) is 17.5 Å². The molecule has 1 saturated heterocycles. The number of rotatable bonds is 2. The van der Waals surface area contributed by atoms with E-state index in [4.69, 9.17) is 4.74 Å². The SMILES string of the molecule is Cl.O=C(NC1CCc2ccccc2C1)C1CNCCO1. The highest BCUT2D eigenvalue weighted by atomic mass is 35.5. The number of ether oxygens (including phenoxy) is 1. The summed E-state index contributed by atoms with van der Waals surface area (Å²) in [4.78, 5) is 12.1. The molecule has 1 aliphatic heterocycles. The van der Waals surface area contributed by atoms with E-state index in [0.29, 0.717) is 13.2 Å². The van der Waals surface area contributed by atoms with Crippen molar-refractivity contribution in [1.82, 2.24) is 10.6 Å². The van der Waals surface area contributed by atoms with Crippen LogP contribution >= 0.6 is 12.4 Å². The minimum Gasteiger partial charge on any atom is -0.366 e. The maximum Gasteiger partial charge on any atom is 0.250 e. The zero-order chi connectivity index (χ0) is 13.1. The summed E-state index contributed by atoms with van der Waals surface area (Å²) in [6.45, 7) is 2.07. The zero-order valence-electron chi connectivity index (χ0n) is 11.4. The van der Waals surface area contributed by atoms with E-state index in [0.717, 1.165) is 25.8 Å². The van der Waals surface area contributed by atoms with Gasteiger partial charge in [-0.1, -0.05) is 24.3 Å². The van der Waals surface area contributed by atoms with Crippen LogP contribution in [-0.4, -0.2) is 37.7 Å². The maximum atomic E-state index is 12.1. The fourth-order valence-electron chi connectivity index (χ4n) is 2.85. The third-order valence-corrected chi connectivity index (χ3v) is 3.91. The van der Waals surface area contributed by atoms with Gasteiger partial charge in [-0.3, -0.25) is 4.79 Å². The minimum absolute atomic E-state index is 0. The molecule has 2 atom stereocenters. The number of carbonyl (C=O) groups excluding carboxylic acids is 1. The molecule has 0 radical (unpaired) electrons. The Bertz CT molecular complexity index is 461. The molecule has 1 heterocycles. The third kappa shape index (κ3) is 3.51. The van der Waals surface area contributed by atoms with Crippen LogP contribution in [-0.2, 0) is 22.4 Å². The molecule has 2 N–H and O–H groups in total. The average molecular weight is 297 g/mol. The van der Waals surface area contributed by atoms with Gasteiger partial charge in [0.25, 0.3) is 5.91 Å². The van der Waals surface area contributed by atoms with Crippen molar-refractivity contribution in [2.24, 2.45) is 0 Å². The Hall–Kier alpha value is -1.10. The largest absolute Gasteiger partial charge is 0.366 e. The normalized spacial score (nSPS) is 25.2. The van der Waals surface area contributed by atoms with Gasteiger partial charge in [0.15, 0.2) is 0 Å². The van der Waals surface area contributed by atoms with E-state index >= 15 is 0 Å². The summed E-state index contributed by atoms with van der Waals surface area (Å²) in [6, 6.07) is 8.73. The highest BCUT2D eigenvalue weighted by molar-refractivity contribution is 5.85. The predicted octanol–water partition coefficient (Wildman–Crippen LogP) is 1.07. The second-order valence-electron chi connectivity index (χ2n) is 5.28. The standard InChI is InChI=1S/C15H20N2O2.ClH/c18-15(14-10-16-7-8-19-14)17-13-6-5-11-3-1-2-4-12(11)9-13;/h1-4,13-14,16H,5-10H2,(H,17,18);1H. The molecule has 110 valence electrons. The molecule has 1 fully saturated rings. The molecule has 5 heteroatoms. The minimum atomic E-state index is -0.328. The van der Waals surface area contributed by atoms with E-state index in [-0.39, 0.29) is 30.5 Å². The summed E-state index contributed by atoms with van der Waals surface area (Å²) in [7, 11) is 0. The molecule has 1 aliphatic carbocycles. The Kier molecular flexibility index (Phi) is 5.40. The van der Waals surface area contributed by atoms with Crippen LogP contribution in [0, 0.1) is 0 Å². The van der Waals surface area contributed by atoms with Gasteiger partial charge in [-0.05, 0) is 30.4 Å². The molecule has 1 aromatic carbocycles. The molecule has 2 aliphatic rings. The fraction of sp³-hybridized carbons (Fsp3) is 0.533. The quantitative estimate of drug-likeness (QED) is 0.858. The van der Waals surface area contributed by atoms with E-state index < -0.39 is 0 Å². The van der Waals surface area contributed by atoms with Crippen molar-refractivity contribution < 1.29 is 9.53 Å². The average Bonchev–Trinajstić information content (AvgIpc) is 2.48. The van der Waals surface area contributed by atoms with Gasteiger partial charge in [-0.2, -0.15) is 0 Å². The number of amides is 1. The van der Waals surface area contributed by atoms with Gasteiger partial charge in [0, 0.05) is 19.1 Å². The van der Waals surface area contributed by atoms with Crippen molar-refractivity contribution in [3.8, 4) is 0 Å². The Morgan fingerprint density at radius 1 is 1.30 bits per heavy atom. The fourth-order valence-corrected chi connectivity index (χ4v) is 2.85. The topological polar surface area (TPSA) is 50.4 Å². The molecular formula is C15H21ClN2O2. The first kappa shape index (κ1) is 15.3. The second kappa shape index (κ2) is 7.07. The van der Waals surface area contributed by atoms with Gasteiger partial charge in [0.05, 0.1) is 6.61 Å². The highest BCUT2D eigenvalue weighted by Crippen LogP contribution is 2.21. The molecule has 1 amide bonds. The molecule has 3 rings (SSSR count). The summed E-state index contributed by atoms with van der Waals surface area (Å²) in [5.74, 6) is 0.0246. The molecule has 2 unspecified atom stereocenters. The number of carbonyl (C=O) groups is 1. The predicted molar refractivity (Wildman–Crippen MR) is 80.3 cm³/mol. The van der Waals surface area contributed by atoms with Gasteiger partial charge >= 0.3 is 0 Å². The van der Waals surface area contributed by atoms with Crippen molar-refractivity contribution in [2.45, 2.75) is 31.4 Å². The molecule has 0 aromatic heterocycles. The monoisotopic (exact) mass is 296 g/mol. The number of benzene rings is 1. The number of aryl methyl sites for hydroxylation is 1. The lowest BCUT2D eigenvalue weighted by molar-refractivity contribution is -0.135. The van der Waals surface area contributed by atoms with E-state index in [1.807, 2.05) is 0 Å². The smallest absolute Gasteiger partial charge is 0.250 e. The molecule has 0 spiro atoms. The first-order valence-electron chi connectivity index (χ1n) is 7.02. The van der Waals surface area contributed by atoms with Crippen molar-refractivity contribution in [2.75, 3.05) is 19.7 Å². The van der Waals surface area contributed by atoms with Crippen molar-refractivity contribution in [3.05, 3.63) is 35.4 Å². The van der Waals surface area contributed by atoms with E-state index in [2.05, 4.69) is 34.9 Å². The van der Waals surface area contributed by atoms with Gasteiger partial charge < -0.3 is 15.4 Å². The summed E-state index contributed by atoms with van der Waals surface area (Å²) in [5.41, 5.74) is 2.78. The van der Waals surface area contributed by atoms with Gasteiger partial charge in [-0.15, -0.1) is 12.4 Å². The van der Waals surface area contributed by atoms with Crippen LogP contribution in [0.4, 0.5) is 0 Å². The summed E-state index contributed by atoms with van der Waals surface area (Å²) >= 11 is 0. The van der Waals surface area contributed by atoms with E-state index in [1.165, 1.54) is 11.1 Å². The van der Waals surface area contributed by atoms with E-state index in [9.17, 15) is 4.79 Å². The van der Waals surface area contributed by atoms with Gasteiger partial charge in [0.2, 0.25) is 0 Å². The Morgan fingerprint density at radius 3 is 2.85 bits per heavy atom. The molecule has 4 nitrogen and oxygen atoms in total. The number of nitrogens with one attached hydrogen (secondary N) is 2. The summed E-state index contributed by atoms with van der Waals surface area (Å²) < 4.78 is 5.48. The summed E-state index contributed by atoms with van der Waals surface area (Å²) in [5, 5.41) is 6.31. The van der Waals surface area contributed by atoms with Crippen LogP contribution in [0.2, 0.25) is 0 Å². The van der Waals surface area contributed by atoms with Crippen LogP contribution < -0.4 is 10.6 Å². The Balaban J connectivity index is 0.00000147. The van der Waals surface area contributed by atoms with Crippen molar-refractivity contribution >= 4 is 18.3 Å². The summed E-state index contributed by atoms with van der Waals surface area (Å²) in [6.07, 6.45) is 2.67. The number of halogens is 1. The third-order valence-electron chi connectivity index (χ3n) is 3.91. The Labute approximate surface area is 125 Å². The lowest BCUT2D eigenvalue weighted by Crippen LogP contribution is -2.51. The Morgan fingerprint density at radius 2 is 2.10 bits per heavy atom. The zero-order valence-corrected chi connectivity index (χ0v) is 12.2. The molecule has 20 heavy (non-hydrogen) atoms. The lowest BCUT2D eigenvalue weighted by atomic mass is 9.88. The first-order chi connectivity index (χ1) is 9.33. The van der Waals surface area contributed by atoms with Gasteiger partial charge in [-0.25, -0.2) is 0 Å². The molecule has 0 bridgehead atoms. The molecule has 1 aromatic rings. The van der Waals surface area contributed by atoms with E-state index in [1.54, 1.807) is 0 Å². The van der Waals surface area contributed by atoms with Crippen LogP contribution in [0.15, 0.2) is 24.3 Å². The highest BCUT2D eigenvalue weighted by Gasteiger charge is 2.26.